The molecule has 1 fully saturated rings. The summed E-state index contributed by atoms with van der Waals surface area (Å²) in [5.74, 6) is 0.809. The Morgan fingerprint density at radius 3 is 2.89 bits per heavy atom. The number of rotatable bonds is 2. The molecule has 1 aromatic heterocycles. The minimum absolute atomic E-state index is 0.0891. The molecule has 0 aromatic carbocycles. The molecule has 2 rings (SSSR count). The fourth-order valence-corrected chi connectivity index (χ4v) is 2.47. The first kappa shape index (κ1) is 13.6. The van der Waals surface area contributed by atoms with Crippen molar-refractivity contribution in [1.82, 2.24) is 4.98 Å². The fraction of sp³-hybridized carbons (Fsp3) is 0.615. The lowest BCUT2D eigenvalue weighted by atomic mass is 9.81. The Morgan fingerprint density at radius 2 is 2.28 bits per heavy atom. The van der Waals surface area contributed by atoms with E-state index in [-0.39, 0.29) is 18.1 Å². The Kier molecular flexibility index (Phi) is 3.80. The largest absolute Gasteiger partial charge is 0.392 e. The zero-order chi connectivity index (χ0) is 13.3. The molecule has 0 bridgehead atoms. The highest BCUT2D eigenvalue weighted by molar-refractivity contribution is 6.31. The van der Waals surface area contributed by atoms with Crippen LogP contribution in [0.15, 0.2) is 12.3 Å². The highest BCUT2D eigenvalue weighted by atomic mass is 35.5. The van der Waals surface area contributed by atoms with E-state index in [0.717, 1.165) is 25.3 Å². The van der Waals surface area contributed by atoms with Gasteiger partial charge in [0.1, 0.15) is 5.82 Å². The molecular weight excluding hydrogens is 252 g/mol. The fourth-order valence-electron chi connectivity index (χ4n) is 2.30. The van der Waals surface area contributed by atoms with Crippen LogP contribution in [0.25, 0.3) is 0 Å². The van der Waals surface area contributed by atoms with Gasteiger partial charge in [-0.1, -0.05) is 25.4 Å². The first-order valence-electron chi connectivity index (χ1n) is 6.12. The number of pyridine rings is 1. The maximum absolute atomic E-state index is 9.94. The molecule has 18 heavy (non-hydrogen) atoms. The number of aliphatic hydroxyl groups is 2. The Bertz CT molecular complexity index is 437. The number of hydrogen-bond donors (Lipinski definition) is 2. The molecule has 1 aliphatic rings. The van der Waals surface area contributed by atoms with Gasteiger partial charge in [-0.15, -0.1) is 0 Å². The predicted octanol–water partition coefficient (Wildman–Crippen LogP) is 1.82. The van der Waals surface area contributed by atoms with Gasteiger partial charge in [-0.3, -0.25) is 0 Å². The first-order valence-corrected chi connectivity index (χ1v) is 6.50. The number of halogens is 1. The third-order valence-electron chi connectivity index (χ3n) is 3.59. The van der Waals surface area contributed by atoms with Gasteiger partial charge in [0.15, 0.2) is 0 Å². The number of anilines is 1. The van der Waals surface area contributed by atoms with Crippen molar-refractivity contribution in [3.8, 4) is 0 Å². The van der Waals surface area contributed by atoms with Gasteiger partial charge >= 0.3 is 0 Å². The van der Waals surface area contributed by atoms with Crippen molar-refractivity contribution in [1.29, 1.82) is 0 Å². The third-order valence-corrected chi connectivity index (χ3v) is 3.93. The second-order valence-electron chi connectivity index (χ2n) is 5.51. The summed E-state index contributed by atoms with van der Waals surface area (Å²) in [6.45, 7) is 5.52. The van der Waals surface area contributed by atoms with Gasteiger partial charge in [0.05, 0.1) is 17.7 Å². The average Bonchev–Trinajstić information content (AvgIpc) is 2.33. The van der Waals surface area contributed by atoms with E-state index in [0.29, 0.717) is 10.6 Å². The quantitative estimate of drug-likeness (QED) is 0.861. The van der Waals surface area contributed by atoms with Crippen molar-refractivity contribution in [2.45, 2.75) is 33.0 Å². The van der Waals surface area contributed by atoms with Crippen molar-refractivity contribution in [3.63, 3.8) is 0 Å². The van der Waals surface area contributed by atoms with E-state index in [9.17, 15) is 10.2 Å². The van der Waals surface area contributed by atoms with Crippen LogP contribution in [0.3, 0.4) is 0 Å². The van der Waals surface area contributed by atoms with Crippen molar-refractivity contribution >= 4 is 17.4 Å². The van der Waals surface area contributed by atoms with Crippen LogP contribution in [0.4, 0.5) is 5.82 Å². The summed E-state index contributed by atoms with van der Waals surface area (Å²) in [5, 5.41) is 19.6. The lowest BCUT2D eigenvalue weighted by Crippen LogP contribution is -2.49. The van der Waals surface area contributed by atoms with Crippen LogP contribution in [0.5, 0.6) is 0 Å². The molecule has 0 aliphatic carbocycles. The van der Waals surface area contributed by atoms with Crippen LogP contribution in [-0.4, -0.2) is 34.4 Å². The normalized spacial score (nSPS) is 23.2. The van der Waals surface area contributed by atoms with Crippen molar-refractivity contribution in [3.05, 3.63) is 22.8 Å². The SMILES string of the molecule is CC1(C)CN(c2cc(CO)c(Cl)cn2)CCC1O. The Hall–Kier alpha value is -0.840. The molecule has 5 heteroatoms. The second-order valence-corrected chi connectivity index (χ2v) is 5.91. The molecule has 1 unspecified atom stereocenters. The number of aliphatic hydroxyl groups excluding tert-OH is 2. The minimum atomic E-state index is -0.279. The Balaban J connectivity index is 2.22. The lowest BCUT2D eigenvalue weighted by molar-refractivity contribution is 0.0334. The van der Waals surface area contributed by atoms with E-state index in [4.69, 9.17) is 11.6 Å². The monoisotopic (exact) mass is 270 g/mol. The lowest BCUT2D eigenvalue weighted by Gasteiger charge is -2.42. The first-order chi connectivity index (χ1) is 8.44. The van der Waals surface area contributed by atoms with E-state index < -0.39 is 0 Å². The molecule has 2 N–H and O–H groups in total. The standard InChI is InChI=1S/C13H19ClN2O2/c1-13(2)8-16(4-3-11(13)18)12-5-9(7-17)10(14)6-15-12/h5-6,11,17-18H,3-4,7-8H2,1-2H3. The van der Waals surface area contributed by atoms with E-state index in [1.807, 2.05) is 19.9 Å². The summed E-state index contributed by atoms with van der Waals surface area (Å²) >= 11 is 5.93. The zero-order valence-corrected chi connectivity index (χ0v) is 11.5. The van der Waals surface area contributed by atoms with Crippen LogP contribution in [0, 0.1) is 5.41 Å². The summed E-state index contributed by atoms with van der Waals surface area (Å²) < 4.78 is 0. The molecule has 1 atom stereocenters. The van der Waals surface area contributed by atoms with Gasteiger partial charge in [0.2, 0.25) is 0 Å². The van der Waals surface area contributed by atoms with Gasteiger partial charge in [0.25, 0.3) is 0 Å². The molecule has 2 heterocycles. The van der Waals surface area contributed by atoms with Gasteiger partial charge < -0.3 is 15.1 Å². The third kappa shape index (κ3) is 2.60. The van der Waals surface area contributed by atoms with E-state index in [1.165, 1.54) is 0 Å². The highest BCUT2D eigenvalue weighted by Gasteiger charge is 2.35. The van der Waals surface area contributed by atoms with Crippen LogP contribution in [0.1, 0.15) is 25.8 Å². The Labute approximate surface area is 112 Å². The molecule has 0 spiro atoms. The van der Waals surface area contributed by atoms with Gasteiger partial charge in [-0.2, -0.15) is 0 Å². The molecule has 0 radical (unpaired) electrons. The number of nitrogens with zero attached hydrogens (tertiary/aromatic N) is 2. The smallest absolute Gasteiger partial charge is 0.128 e. The number of piperidine rings is 1. The summed E-state index contributed by atoms with van der Waals surface area (Å²) in [7, 11) is 0. The number of aromatic nitrogens is 1. The van der Waals surface area contributed by atoms with Crippen molar-refractivity contribution < 1.29 is 10.2 Å². The van der Waals surface area contributed by atoms with Gasteiger partial charge in [0, 0.05) is 30.3 Å². The summed E-state index contributed by atoms with van der Waals surface area (Å²) in [5.41, 5.74) is 0.532. The molecule has 0 amide bonds. The van der Waals surface area contributed by atoms with Crippen LogP contribution < -0.4 is 4.90 Å². The van der Waals surface area contributed by atoms with Crippen molar-refractivity contribution in [2.75, 3.05) is 18.0 Å². The maximum atomic E-state index is 9.94. The van der Waals surface area contributed by atoms with Crippen LogP contribution in [0.2, 0.25) is 5.02 Å². The van der Waals surface area contributed by atoms with E-state index >= 15 is 0 Å². The molecule has 100 valence electrons. The summed E-state index contributed by atoms with van der Waals surface area (Å²) in [6, 6.07) is 1.82. The number of hydrogen-bond acceptors (Lipinski definition) is 4. The van der Waals surface area contributed by atoms with Gasteiger partial charge in [-0.05, 0) is 12.5 Å². The van der Waals surface area contributed by atoms with Crippen LogP contribution in [-0.2, 0) is 6.61 Å². The van der Waals surface area contributed by atoms with Crippen LogP contribution >= 0.6 is 11.6 Å². The molecular formula is C13H19ClN2O2. The minimum Gasteiger partial charge on any atom is -0.392 e. The average molecular weight is 271 g/mol. The summed E-state index contributed by atoms with van der Waals surface area (Å²) in [6.07, 6.45) is 2.02. The molecule has 1 aliphatic heterocycles. The molecule has 4 nitrogen and oxygen atoms in total. The topological polar surface area (TPSA) is 56.6 Å². The Morgan fingerprint density at radius 1 is 1.56 bits per heavy atom. The second kappa shape index (κ2) is 5.03. The van der Waals surface area contributed by atoms with Crippen molar-refractivity contribution in [2.24, 2.45) is 5.41 Å². The van der Waals surface area contributed by atoms with Gasteiger partial charge in [-0.25, -0.2) is 4.98 Å². The summed E-state index contributed by atoms with van der Waals surface area (Å²) in [4.78, 5) is 6.43. The highest BCUT2D eigenvalue weighted by Crippen LogP contribution is 2.32. The molecule has 0 saturated carbocycles. The van der Waals surface area contributed by atoms with E-state index in [1.54, 1.807) is 6.20 Å². The maximum Gasteiger partial charge on any atom is 0.128 e. The molecule has 1 saturated heterocycles. The molecule has 1 aromatic rings. The zero-order valence-electron chi connectivity index (χ0n) is 10.7. The van der Waals surface area contributed by atoms with E-state index in [2.05, 4.69) is 9.88 Å². The predicted molar refractivity (Wildman–Crippen MR) is 71.8 cm³/mol.